The van der Waals surface area contributed by atoms with Crippen LogP contribution in [0.4, 0.5) is 5.69 Å². The molecule has 3 nitrogen and oxygen atoms in total. The first kappa shape index (κ1) is 10.6. The lowest BCUT2D eigenvalue weighted by atomic mass is 10.1. The molecule has 0 unspecified atom stereocenters. The van der Waals surface area contributed by atoms with E-state index in [2.05, 4.69) is 11.4 Å². The molecule has 0 radical (unpaired) electrons. The SMILES string of the molecule is Cc1cc(NCCCN)ccc1C#N. The summed E-state index contributed by atoms with van der Waals surface area (Å²) in [6.45, 7) is 3.51. The first-order valence-corrected chi connectivity index (χ1v) is 4.72. The van der Waals surface area contributed by atoms with Crippen LogP contribution in [-0.4, -0.2) is 13.1 Å². The zero-order valence-corrected chi connectivity index (χ0v) is 8.38. The number of nitrogens with two attached hydrogens (primary N) is 1. The molecule has 14 heavy (non-hydrogen) atoms. The fourth-order valence-corrected chi connectivity index (χ4v) is 1.23. The summed E-state index contributed by atoms with van der Waals surface area (Å²) < 4.78 is 0. The maximum Gasteiger partial charge on any atom is 0.0994 e. The van der Waals surface area contributed by atoms with Gasteiger partial charge in [0, 0.05) is 12.2 Å². The second-order valence-electron chi connectivity index (χ2n) is 3.21. The number of hydrogen-bond acceptors (Lipinski definition) is 3. The maximum absolute atomic E-state index is 8.74. The van der Waals surface area contributed by atoms with Gasteiger partial charge in [-0.15, -0.1) is 0 Å². The van der Waals surface area contributed by atoms with Crippen LogP contribution < -0.4 is 11.1 Å². The summed E-state index contributed by atoms with van der Waals surface area (Å²) in [5.74, 6) is 0. The van der Waals surface area contributed by atoms with Gasteiger partial charge >= 0.3 is 0 Å². The average Bonchev–Trinajstić information content (AvgIpc) is 2.18. The summed E-state index contributed by atoms with van der Waals surface area (Å²) in [5.41, 5.74) is 8.17. The minimum Gasteiger partial charge on any atom is -0.385 e. The van der Waals surface area contributed by atoms with Crippen molar-refractivity contribution in [3.63, 3.8) is 0 Å². The van der Waals surface area contributed by atoms with Crippen LogP contribution in [-0.2, 0) is 0 Å². The number of anilines is 1. The molecule has 1 aromatic rings. The Morgan fingerprint density at radius 2 is 2.29 bits per heavy atom. The van der Waals surface area contributed by atoms with Crippen molar-refractivity contribution in [2.75, 3.05) is 18.4 Å². The second-order valence-corrected chi connectivity index (χ2v) is 3.21. The van der Waals surface area contributed by atoms with Crippen LogP contribution in [0, 0.1) is 18.3 Å². The third kappa shape index (κ3) is 2.75. The zero-order chi connectivity index (χ0) is 10.4. The minimum atomic E-state index is 0.697. The van der Waals surface area contributed by atoms with E-state index in [0.29, 0.717) is 6.54 Å². The average molecular weight is 189 g/mol. The fraction of sp³-hybridized carbons (Fsp3) is 0.364. The molecule has 0 fully saturated rings. The van der Waals surface area contributed by atoms with Gasteiger partial charge in [-0.3, -0.25) is 0 Å². The minimum absolute atomic E-state index is 0.697. The normalized spacial score (nSPS) is 9.50. The van der Waals surface area contributed by atoms with Gasteiger partial charge in [-0.1, -0.05) is 0 Å². The quantitative estimate of drug-likeness (QED) is 0.707. The van der Waals surface area contributed by atoms with Crippen LogP contribution in [0.15, 0.2) is 18.2 Å². The fourth-order valence-electron chi connectivity index (χ4n) is 1.23. The number of hydrogen-bond donors (Lipinski definition) is 2. The van der Waals surface area contributed by atoms with Gasteiger partial charge in [-0.2, -0.15) is 5.26 Å². The highest BCUT2D eigenvalue weighted by Gasteiger charge is 1.97. The van der Waals surface area contributed by atoms with Crippen molar-refractivity contribution in [1.29, 1.82) is 5.26 Å². The predicted octanol–water partition coefficient (Wildman–Crippen LogP) is 1.63. The molecular formula is C11H15N3. The molecule has 0 spiro atoms. The van der Waals surface area contributed by atoms with E-state index in [4.69, 9.17) is 11.0 Å². The van der Waals surface area contributed by atoms with Gasteiger partial charge in [0.05, 0.1) is 11.6 Å². The third-order valence-corrected chi connectivity index (χ3v) is 2.06. The number of rotatable bonds is 4. The summed E-state index contributed by atoms with van der Waals surface area (Å²) >= 11 is 0. The number of benzene rings is 1. The molecule has 0 aliphatic rings. The Hall–Kier alpha value is -1.53. The molecule has 0 aliphatic carbocycles. The molecule has 1 aromatic carbocycles. The summed E-state index contributed by atoms with van der Waals surface area (Å²) in [4.78, 5) is 0. The number of aryl methyl sites for hydroxylation is 1. The van der Waals surface area contributed by atoms with Crippen LogP contribution in [0.5, 0.6) is 0 Å². The van der Waals surface area contributed by atoms with Crippen molar-refractivity contribution < 1.29 is 0 Å². The maximum atomic E-state index is 8.74. The first-order chi connectivity index (χ1) is 6.77. The van der Waals surface area contributed by atoms with Gasteiger partial charge in [0.25, 0.3) is 0 Å². The first-order valence-electron chi connectivity index (χ1n) is 4.72. The van der Waals surface area contributed by atoms with Crippen molar-refractivity contribution in [3.05, 3.63) is 29.3 Å². The summed E-state index contributed by atoms with van der Waals surface area (Å²) in [7, 11) is 0. The molecule has 0 aliphatic heterocycles. The van der Waals surface area contributed by atoms with E-state index >= 15 is 0 Å². The third-order valence-electron chi connectivity index (χ3n) is 2.06. The van der Waals surface area contributed by atoms with Crippen LogP contribution in [0.25, 0.3) is 0 Å². The van der Waals surface area contributed by atoms with Crippen molar-refractivity contribution in [1.82, 2.24) is 0 Å². The summed E-state index contributed by atoms with van der Waals surface area (Å²) in [6.07, 6.45) is 0.957. The molecule has 3 heteroatoms. The number of nitrogens with zero attached hydrogens (tertiary/aromatic N) is 1. The Balaban J connectivity index is 2.63. The number of nitriles is 1. The highest BCUT2D eigenvalue weighted by molar-refractivity contribution is 5.51. The Kier molecular flexibility index (Phi) is 3.96. The molecule has 0 heterocycles. The smallest absolute Gasteiger partial charge is 0.0994 e. The van der Waals surface area contributed by atoms with E-state index in [1.165, 1.54) is 0 Å². The Bertz CT molecular complexity index is 339. The molecule has 0 saturated carbocycles. The molecule has 0 saturated heterocycles. The Morgan fingerprint density at radius 1 is 1.50 bits per heavy atom. The van der Waals surface area contributed by atoms with E-state index in [1.807, 2.05) is 25.1 Å². The van der Waals surface area contributed by atoms with E-state index in [0.717, 1.165) is 29.8 Å². The Labute approximate surface area is 84.5 Å². The topological polar surface area (TPSA) is 61.8 Å². The van der Waals surface area contributed by atoms with E-state index < -0.39 is 0 Å². The lowest BCUT2D eigenvalue weighted by Gasteiger charge is -2.06. The van der Waals surface area contributed by atoms with Crippen molar-refractivity contribution >= 4 is 5.69 Å². The zero-order valence-electron chi connectivity index (χ0n) is 8.38. The molecule has 3 N–H and O–H groups in total. The van der Waals surface area contributed by atoms with E-state index in [1.54, 1.807) is 0 Å². The van der Waals surface area contributed by atoms with Gasteiger partial charge in [0.1, 0.15) is 0 Å². The molecule has 0 aromatic heterocycles. The predicted molar refractivity (Wildman–Crippen MR) is 58.1 cm³/mol. The van der Waals surface area contributed by atoms with Gasteiger partial charge in [0.2, 0.25) is 0 Å². The molecule has 0 amide bonds. The van der Waals surface area contributed by atoms with Crippen LogP contribution in [0.2, 0.25) is 0 Å². The van der Waals surface area contributed by atoms with Gasteiger partial charge in [0.15, 0.2) is 0 Å². The summed E-state index contributed by atoms with van der Waals surface area (Å²) in [6, 6.07) is 7.88. The molecule has 74 valence electrons. The monoisotopic (exact) mass is 189 g/mol. The van der Waals surface area contributed by atoms with Crippen molar-refractivity contribution in [3.8, 4) is 6.07 Å². The van der Waals surface area contributed by atoms with Gasteiger partial charge in [-0.25, -0.2) is 0 Å². The van der Waals surface area contributed by atoms with Gasteiger partial charge in [-0.05, 0) is 43.7 Å². The standard InChI is InChI=1S/C11H15N3/c1-9-7-11(14-6-2-5-12)4-3-10(9)8-13/h3-4,7,14H,2,5-6,12H2,1H3. The van der Waals surface area contributed by atoms with Gasteiger partial charge < -0.3 is 11.1 Å². The molecule has 0 atom stereocenters. The highest BCUT2D eigenvalue weighted by Crippen LogP contribution is 2.13. The van der Waals surface area contributed by atoms with Crippen molar-refractivity contribution in [2.45, 2.75) is 13.3 Å². The van der Waals surface area contributed by atoms with Crippen LogP contribution in [0.3, 0.4) is 0 Å². The lowest BCUT2D eigenvalue weighted by Crippen LogP contribution is -2.08. The van der Waals surface area contributed by atoms with Crippen LogP contribution >= 0.6 is 0 Å². The van der Waals surface area contributed by atoms with E-state index in [9.17, 15) is 0 Å². The second kappa shape index (κ2) is 5.25. The largest absolute Gasteiger partial charge is 0.385 e. The number of nitrogens with one attached hydrogen (secondary N) is 1. The highest BCUT2D eigenvalue weighted by atomic mass is 14.9. The molecule has 1 rings (SSSR count). The molecule has 0 bridgehead atoms. The Morgan fingerprint density at radius 3 is 2.86 bits per heavy atom. The summed E-state index contributed by atoms with van der Waals surface area (Å²) in [5, 5.41) is 12.0. The lowest BCUT2D eigenvalue weighted by molar-refractivity contribution is 0.874. The van der Waals surface area contributed by atoms with E-state index in [-0.39, 0.29) is 0 Å². The molecular weight excluding hydrogens is 174 g/mol. The van der Waals surface area contributed by atoms with Crippen LogP contribution in [0.1, 0.15) is 17.5 Å². The van der Waals surface area contributed by atoms with Crippen molar-refractivity contribution in [2.24, 2.45) is 5.73 Å².